The number of carbonyl (C=O) groups is 2. The molecule has 0 spiro atoms. The lowest BCUT2D eigenvalue weighted by molar-refractivity contribution is -0.142. The van der Waals surface area contributed by atoms with Crippen molar-refractivity contribution in [2.45, 2.75) is 44.8 Å². The van der Waals surface area contributed by atoms with E-state index >= 15 is 0 Å². The summed E-state index contributed by atoms with van der Waals surface area (Å²) in [6, 6.07) is 0. The van der Waals surface area contributed by atoms with Crippen LogP contribution in [-0.2, 0) is 9.53 Å². The lowest BCUT2D eigenvalue weighted by Crippen LogP contribution is -2.53. The molecule has 0 saturated carbocycles. The first-order valence-corrected chi connectivity index (χ1v) is 5.17. The molecule has 0 aromatic rings. The van der Waals surface area contributed by atoms with E-state index < -0.39 is 23.2 Å². The van der Waals surface area contributed by atoms with Crippen LogP contribution in [0.15, 0.2) is 12.2 Å². The van der Waals surface area contributed by atoms with Crippen LogP contribution in [0.5, 0.6) is 0 Å². The fourth-order valence-electron chi connectivity index (χ4n) is 1.50. The van der Waals surface area contributed by atoms with Crippen LogP contribution >= 0.6 is 0 Å². The molecule has 0 radical (unpaired) electrons. The predicted octanol–water partition coefficient (Wildman–Crippen LogP) is 1.68. The third-order valence-corrected chi connectivity index (χ3v) is 2.21. The Hall–Kier alpha value is -1.52. The Labute approximate surface area is 94.5 Å². The Kier molecular flexibility index (Phi) is 3.26. The summed E-state index contributed by atoms with van der Waals surface area (Å²) in [5.74, 6) is -1.06. The number of amides is 1. The van der Waals surface area contributed by atoms with Crippen molar-refractivity contribution in [3.63, 3.8) is 0 Å². The second-order valence-corrected chi connectivity index (χ2v) is 4.84. The molecule has 1 aliphatic rings. The van der Waals surface area contributed by atoms with Crippen LogP contribution < -0.4 is 5.32 Å². The number of carbonyl (C=O) groups excluding carboxylic acids is 1. The molecule has 0 aliphatic heterocycles. The highest BCUT2D eigenvalue weighted by Gasteiger charge is 2.40. The smallest absolute Gasteiger partial charge is 0.408 e. The third-order valence-electron chi connectivity index (χ3n) is 2.21. The van der Waals surface area contributed by atoms with Gasteiger partial charge in [-0.1, -0.05) is 12.2 Å². The first-order chi connectivity index (χ1) is 7.25. The molecule has 0 unspecified atom stereocenters. The van der Waals surface area contributed by atoms with Gasteiger partial charge < -0.3 is 15.2 Å². The second-order valence-electron chi connectivity index (χ2n) is 4.84. The Morgan fingerprint density at radius 3 is 2.44 bits per heavy atom. The maximum absolute atomic E-state index is 11.5. The molecule has 5 nitrogen and oxygen atoms in total. The summed E-state index contributed by atoms with van der Waals surface area (Å²) in [4.78, 5) is 22.6. The average Bonchev–Trinajstić information content (AvgIpc) is 2.49. The Balaban J connectivity index is 2.68. The number of carboxylic acids is 1. The topological polar surface area (TPSA) is 75.6 Å². The molecular formula is C11H17NO4. The van der Waals surface area contributed by atoms with Gasteiger partial charge in [-0.15, -0.1) is 0 Å². The molecule has 2 N–H and O–H groups in total. The highest BCUT2D eigenvalue weighted by atomic mass is 16.6. The van der Waals surface area contributed by atoms with E-state index in [1.807, 2.05) is 0 Å². The SMILES string of the molecule is CC(C)(C)OC(=O)N[C@@]1(C(=O)O)C=CCC1. The van der Waals surface area contributed by atoms with E-state index in [-0.39, 0.29) is 0 Å². The van der Waals surface area contributed by atoms with Crippen molar-refractivity contribution in [1.82, 2.24) is 5.32 Å². The number of carboxylic acid groups (broad SMARTS) is 1. The summed E-state index contributed by atoms with van der Waals surface area (Å²) in [6.45, 7) is 5.18. The second kappa shape index (κ2) is 4.15. The molecule has 0 saturated heterocycles. The minimum atomic E-state index is -1.30. The van der Waals surface area contributed by atoms with Gasteiger partial charge in [-0.25, -0.2) is 9.59 Å². The van der Waals surface area contributed by atoms with Gasteiger partial charge in [-0.3, -0.25) is 0 Å². The minimum Gasteiger partial charge on any atom is -0.479 e. The molecule has 1 rings (SSSR count). The van der Waals surface area contributed by atoms with E-state index in [2.05, 4.69) is 5.32 Å². The van der Waals surface area contributed by atoms with E-state index in [4.69, 9.17) is 9.84 Å². The number of rotatable bonds is 2. The zero-order chi connectivity index (χ0) is 12.4. The first-order valence-electron chi connectivity index (χ1n) is 5.17. The summed E-state index contributed by atoms with van der Waals surface area (Å²) >= 11 is 0. The summed E-state index contributed by atoms with van der Waals surface area (Å²) < 4.78 is 5.03. The molecule has 0 aromatic heterocycles. The molecule has 1 aliphatic carbocycles. The molecule has 0 aromatic carbocycles. The fourth-order valence-corrected chi connectivity index (χ4v) is 1.50. The summed E-state index contributed by atoms with van der Waals surface area (Å²) in [5, 5.41) is 11.5. The monoisotopic (exact) mass is 227 g/mol. The number of hydrogen-bond donors (Lipinski definition) is 2. The summed E-state index contributed by atoms with van der Waals surface area (Å²) in [5.41, 5.74) is -1.94. The van der Waals surface area contributed by atoms with Crippen molar-refractivity contribution in [3.05, 3.63) is 12.2 Å². The number of ether oxygens (including phenoxy) is 1. The van der Waals surface area contributed by atoms with E-state index in [0.29, 0.717) is 12.8 Å². The molecule has 0 heterocycles. The number of hydrogen-bond acceptors (Lipinski definition) is 3. The molecule has 16 heavy (non-hydrogen) atoms. The van der Waals surface area contributed by atoms with Gasteiger partial charge in [0.05, 0.1) is 0 Å². The Bertz CT molecular complexity index is 329. The van der Waals surface area contributed by atoms with Crippen molar-refractivity contribution in [1.29, 1.82) is 0 Å². The van der Waals surface area contributed by atoms with Crippen LogP contribution in [0.3, 0.4) is 0 Å². The zero-order valence-corrected chi connectivity index (χ0v) is 9.74. The number of nitrogens with one attached hydrogen (secondary N) is 1. The van der Waals surface area contributed by atoms with Crippen LogP contribution in [0.1, 0.15) is 33.6 Å². The van der Waals surface area contributed by atoms with Crippen molar-refractivity contribution in [2.75, 3.05) is 0 Å². The van der Waals surface area contributed by atoms with E-state index in [0.717, 1.165) is 0 Å². The van der Waals surface area contributed by atoms with Crippen molar-refractivity contribution in [3.8, 4) is 0 Å². The van der Waals surface area contributed by atoms with Gasteiger partial charge in [0.2, 0.25) is 0 Å². The van der Waals surface area contributed by atoms with Crippen molar-refractivity contribution < 1.29 is 19.4 Å². The van der Waals surface area contributed by atoms with Gasteiger partial charge >= 0.3 is 12.1 Å². The third kappa shape index (κ3) is 2.98. The van der Waals surface area contributed by atoms with E-state index in [1.165, 1.54) is 6.08 Å². The minimum absolute atomic E-state index is 0.363. The first kappa shape index (κ1) is 12.5. The lowest BCUT2D eigenvalue weighted by Gasteiger charge is -2.26. The molecule has 0 fully saturated rings. The van der Waals surface area contributed by atoms with Crippen LogP contribution in [0.4, 0.5) is 4.79 Å². The maximum atomic E-state index is 11.5. The van der Waals surface area contributed by atoms with Crippen LogP contribution in [0.2, 0.25) is 0 Å². The van der Waals surface area contributed by atoms with Crippen molar-refractivity contribution in [2.24, 2.45) is 0 Å². The van der Waals surface area contributed by atoms with Gasteiger partial charge in [-0.2, -0.15) is 0 Å². The van der Waals surface area contributed by atoms with E-state index in [9.17, 15) is 9.59 Å². The van der Waals surface area contributed by atoms with Crippen LogP contribution in [-0.4, -0.2) is 28.3 Å². The molecular weight excluding hydrogens is 210 g/mol. The largest absolute Gasteiger partial charge is 0.479 e. The van der Waals surface area contributed by atoms with Crippen LogP contribution in [0, 0.1) is 0 Å². The highest BCUT2D eigenvalue weighted by molar-refractivity contribution is 5.87. The van der Waals surface area contributed by atoms with Gasteiger partial charge in [-0.05, 0) is 33.6 Å². The Morgan fingerprint density at radius 2 is 2.06 bits per heavy atom. The normalized spacial score (nSPS) is 24.2. The van der Waals surface area contributed by atoms with Gasteiger partial charge in [0, 0.05) is 0 Å². The summed E-state index contributed by atoms with van der Waals surface area (Å²) in [6.07, 6.45) is 3.54. The van der Waals surface area contributed by atoms with Gasteiger partial charge in [0.1, 0.15) is 5.60 Å². The fraction of sp³-hybridized carbons (Fsp3) is 0.636. The quantitative estimate of drug-likeness (QED) is 0.704. The van der Waals surface area contributed by atoms with Crippen LogP contribution in [0.25, 0.3) is 0 Å². The predicted molar refractivity (Wildman–Crippen MR) is 58.1 cm³/mol. The average molecular weight is 227 g/mol. The number of alkyl carbamates (subject to hydrolysis) is 1. The lowest BCUT2D eigenvalue weighted by atomic mass is 10.00. The van der Waals surface area contributed by atoms with Gasteiger partial charge in [0.25, 0.3) is 0 Å². The standard InChI is InChI=1S/C11H17NO4/c1-10(2,3)16-9(15)12-11(8(13)14)6-4-5-7-11/h4,6H,5,7H2,1-3H3,(H,12,15)(H,13,14)/t11-/m0/s1. The highest BCUT2D eigenvalue weighted by Crippen LogP contribution is 2.23. The maximum Gasteiger partial charge on any atom is 0.408 e. The molecule has 0 bridgehead atoms. The number of aliphatic carboxylic acids is 1. The zero-order valence-electron chi connectivity index (χ0n) is 9.74. The molecule has 1 atom stereocenters. The molecule has 1 amide bonds. The van der Waals surface area contributed by atoms with Gasteiger partial charge in [0.15, 0.2) is 5.54 Å². The molecule has 5 heteroatoms. The van der Waals surface area contributed by atoms with E-state index in [1.54, 1.807) is 26.8 Å². The molecule has 90 valence electrons. The Morgan fingerprint density at radius 1 is 1.44 bits per heavy atom. The van der Waals surface area contributed by atoms with Crippen molar-refractivity contribution >= 4 is 12.1 Å². The number of allylic oxidation sites excluding steroid dienone is 1. The summed E-state index contributed by atoms with van der Waals surface area (Å²) in [7, 11) is 0.